The van der Waals surface area contributed by atoms with E-state index in [9.17, 15) is 19.8 Å². The highest BCUT2D eigenvalue weighted by molar-refractivity contribution is 5.93. The molecule has 0 aliphatic carbocycles. The van der Waals surface area contributed by atoms with Gasteiger partial charge in [-0.2, -0.15) is 0 Å². The number of ether oxygens (including phenoxy) is 2. The Kier molecular flexibility index (Phi) is 9.84. The molecule has 2 aliphatic heterocycles. The molecule has 7 heteroatoms. The van der Waals surface area contributed by atoms with Crippen molar-refractivity contribution in [3.8, 4) is 0 Å². The Morgan fingerprint density at radius 2 is 1.83 bits per heavy atom. The fourth-order valence-electron chi connectivity index (χ4n) is 3.56. The monoisotopic (exact) mass is 409 g/mol. The van der Waals surface area contributed by atoms with Crippen molar-refractivity contribution in [1.82, 2.24) is 4.90 Å². The minimum Gasteiger partial charge on any atom is -0.463 e. The van der Waals surface area contributed by atoms with Crippen molar-refractivity contribution >= 4 is 11.8 Å². The second-order valence-electron chi connectivity index (χ2n) is 7.85. The van der Waals surface area contributed by atoms with Crippen LogP contribution in [0.25, 0.3) is 0 Å². The molecular weight excluding hydrogens is 374 g/mol. The van der Waals surface area contributed by atoms with E-state index in [1.807, 2.05) is 0 Å². The number of nitrogens with zero attached hydrogens (tertiary/aromatic N) is 1. The lowest BCUT2D eigenvalue weighted by atomic mass is 10.1. The van der Waals surface area contributed by atoms with Crippen LogP contribution in [0.15, 0.2) is 24.0 Å². The van der Waals surface area contributed by atoms with Crippen molar-refractivity contribution < 1.29 is 29.3 Å². The van der Waals surface area contributed by atoms with E-state index in [-0.39, 0.29) is 18.4 Å². The van der Waals surface area contributed by atoms with Crippen LogP contribution in [0.5, 0.6) is 0 Å². The molecule has 29 heavy (non-hydrogen) atoms. The number of carbonyl (C=O) groups is 2. The topological polar surface area (TPSA) is 96.3 Å². The Bertz CT molecular complexity index is 602. The van der Waals surface area contributed by atoms with Gasteiger partial charge in [0.25, 0.3) is 0 Å². The number of esters is 1. The largest absolute Gasteiger partial charge is 0.463 e. The molecule has 2 heterocycles. The molecule has 4 atom stereocenters. The van der Waals surface area contributed by atoms with E-state index < -0.39 is 24.5 Å². The van der Waals surface area contributed by atoms with Gasteiger partial charge in [0.05, 0.1) is 0 Å². The summed E-state index contributed by atoms with van der Waals surface area (Å²) in [4.78, 5) is 25.1. The summed E-state index contributed by atoms with van der Waals surface area (Å²) in [6.45, 7) is 3.56. The van der Waals surface area contributed by atoms with Crippen LogP contribution in [0.2, 0.25) is 0 Å². The molecule has 164 valence electrons. The van der Waals surface area contributed by atoms with Crippen LogP contribution < -0.4 is 0 Å². The highest BCUT2D eigenvalue weighted by Crippen LogP contribution is 2.27. The molecule has 2 rings (SSSR count). The molecule has 1 saturated heterocycles. The predicted molar refractivity (Wildman–Crippen MR) is 109 cm³/mol. The number of aliphatic hydroxyl groups excluding tert-OH is 2. The normalized spacial score (nSPS) is 26.5. The van der Waals surface area contributed by atoms with E-state index in [1.54, 1.807) is 23.4 Å². The average Bonchev–Trinajstić information content (AvgIpc) is 3.00. The summed E-state index contributed by atoms with van der Waals surface area (Å²) in [5.74, 6) is -0.368. The van der Waals surface area contributed by atoms with Gasteiger partial charge in [-0.05, 0) is 19.8 Å². The zero-order chi connectivity index (χ0) is 21.2. The highest BCUT2D eigenvalue weighted by atomic mass is 16.6. The van der Waals surface area contributed by atoms with Gasteiger partial charge in [0.1, 0.15) is 24.9 Å². The molecule has 0 unspecified atom stereocenters. The lowest BCUT2D eigenvalue weighted by Gasteiger charge is -2.28. The number of hydrogen-bond acceptors (Lipinski definition) is 7. The third-order valence-corrected chi connectivity index (χ3v) is 5.40. The zero-order valence-corrected chi connectivity index (χ0v) is 17.6. The Morgan fingerprint density at radius 3 is 2.52 bits per heavy atom. The van der Waals surface area contributed by atoms with E-state index in [2.05, 4.69) is 6.92 Å². The van der Waals surface area contributed by atoms with Crippen molar-refractivity contribution in [3.05, 3.63) is 24.0 Å². The average molecular weight is 410 g/mol. The molecule has 0 saturated carbocycles. The minimum absolute atomic E-state index is 0.0526. The van der Waals surface area contributed by atoms with E-state index >= 15 is 0 Å². The number of aliphatic hydroxyl groups is 2. The van der Waals surface area contributed by atoms with Crippen LogP contribution in [0.3, 0.4) is 0 Å². The van der Waals surface area contributed by atoms with E-state index in [4.69, 9.17) is 9.47 Å². The molecule has 0 aromatic rings. The van der Waals surface area contributed by atoms with Crippen molar-refractivity contribution in [2.45, 2.75) is 96.2 Å². The van der Waals surface area contributed by atoms with Gasteiger partial charge in [0.2, 0.25) is 0 Å². The van der Waals surface area contributed by atoms with Crippen LogP contribution in [-0.4, -0.2) is 58.0 Å². The van der Waals surface area contributed by atoms with E-state index in [1.165, 1.54) is 32.6 Å². The molecule has 1 fully saturated rings. The summed E-state index contributed by atoms with van der Waals surface area (Å²) in [6, 6.07) is 0. The van der Waals surface area contributed by atoms with Crippen molar-refractivity contribution in [2.75, 3.05) is 6.61 Å². The summed E-state index contributed by atoms with van der Waals surface area (Å²) in [6.07, 6.45) is 9.89. The first-order valence-electron chi connectivity index (χ1n) is 10.8. The molecular formula is C22H35NO6. The van der Waals surface area contributed by atoms with E-state index in [0.717, 1.165) is 19.3 Å². The predicted octanol–water partition coefficient (Wildman–Crippen LogP) is 2.81. The van der Waals surface area contributed by atoms with E-state index in [0.29, 0.717) is 18.4 Å². The third-order valence-electron chi connectivity index (χ3n) is 5.40. The van der Waals surface area contributed by atoms with Gasteiger partial charge in [-0.1, -0.05) is 51.5 Å². The SMILES string of the molecule is CCCCCCCCCC(=O)OC[C@H]1O[C@@H](N2C=CCC(C(C)=O)=C2)[C@H](O)[C@@H]1O. The Hall–Kier alpha value is -1.70. The lowest BCUT2D eigenvalue weighted by molar-refractivity contribution is -0.150. The van der Waals surface area contributed by atoms with Crippen LogP contribution in [0.1, 0.15) is 71.6 Å². The molecule has 0 aromatic carbocycles. The summed E-state index contributed by atoms with van der Waals surface area (Å²) < 4.78 is 11.0. The number of unbranched alkanes of at least 4 members (excludes halogenated alkanes) is 6. The fraction of sp³-hybridized carbons (Fsp3) is 0.727. The Labute approximate surface area is 173 Å². The number of carbonyl (C=O) groups excluding carboxylic acids is 2. The quantitative estimate of drug-likeness (QED) is 0.378. The maximum atomic E-state index is 11.9. The number of ketones is 1. The number of allylic oxidation sites excluding steroid dienone is 2. The smallest absolute Gasteiger partial charge is 0.305 e. The molecule has 2 aliphatic rings. The second-order valence-corrected chi connectivity index (χ2v) is 7.85. The minimum atomic E-state index is -1.17. The maximum Gasteiger partial charge on any atom is 0.305 e. The van der Waals surface area contributed by atoms with Gasteiger partial charge in [0, 0.05) is 24.4 Å². The molecule has 0 amide bonds. The zero-order valence-electron chi connectivity index (χ0n) is 17.6. The van der Waals surface area contributed by atoms with Crippen LogP contribution in [-0.2, 0) is 19.1 Å². The van der Waals surface area contributed by atoms with Crippen LogP contribution in [0.4, 0.5) is 0 Å². The fourth-order valence-corrected chi connectivity index (χ4v) is 3.56. The van der Waals surface area contributed by atoms with Gasteiger partial charge in [-0.25, -0.2) is 0 Å². The third kappa shape index (κ3) is 7.24. The van der Waals surface area contributed by atoms with Crippen LogP contribution in [0, 0.1) is 0 Å². The van der Waals surface area contributed by atoms with Crippen molar-refractivity contribution in [1.29, 1.82) is 0 Å². The summed E-state index contributed by atoms with van der Waals surface area (Å²) in [5.41, 5.74) is 0.599. The second kappa shape index (κ2) is 12.1. The number of hydrogen-bond donors (Lipinski definition) is 2. The van der Waals surface area contributed by atoms with Gasteiger partial charge in [-0.15, -0.1) is 0 Å². The lowest BCUT2D eigenvalue weighted by Crippen LogP contribution is -2.40. The highest BCUT2D eigenvalue weighted by Gasteiger charge is 2.45. The molecule has 0 spiro atoms. The summed E-state index contributed by atoms with van der Waals surface area (Å²) in [7, 11) is 0. The van der Waals surface area contributed by atoms with Gasteiger partial charge in [0.15, 0.2) is 12.0 Å². The molecule has 7 nitrogen and oxygen atoms in total. The Balaban J connectivity index is 1.72. The molecule has 2 N–H and O–H groups in total. The van der Waals surface area contributed by atoms with Crippen LogP contribution >= 0.6 is 0 Å². The van der Waals surface area contributed by atoms with Gasteiger partial charge in [-0.3, -0.25) is 9.59 Å². The number of rotatable bonds is 12. The molecule has 0 bridgehead atoms. The maximum absolute atomic E-state index is 11.9. The molecule has 0 aromatic heterocycles. The van der Waals surface area contributed by atoms with Crippen molar-refractivity contribution in [3.63, 3.8) is 0 Å². The van der Waals surface area contributed by atoms with Crippen molar-refractivity contribution in [2.24, 2.45) is 0 Å². The van der Waals surface area contributed by atoms with Gasteiger partial charge >= 0.3 is 5.97 Å². The first-order valence-corrected chi connectivity index (χ1v) is 10.8. The molecule has 0 radical (unpaired) electrons. The number of Topliss-reactive ketones (excluding diaryl/α,β-unsaturated/α-hetero) is 1. The first kappa shape index (κ1) is 23.6. The summed E-state index contributed by atoms with van der Waals surface area (Å²) in [5, 5.41) is 20.6. The summed E-state index contributed by atoms with van der Waals surface area (Å²) >= 11 is 0. The first-order chi connectivity index (χ1) is 13.9. The standard InChI is InChI=1S/C22H35NO6/c1-3-4-5-6-7-8-9-12-19(25)28-15-18-20(26)21(27)22(29-18)23-13-10-11-17(14-23)16(2)24/h10,13-14,18,20-22,26-27H,3-9,11-12,15H2,1-2H3/t18-,20-,21-,22-/m1/s1. The van der Waals surface area contributed by atoms with Gasteiger partial charge < -0.3 is 24.6 Å². The Morgan fingerprint density at radius 1 is 1.14 bits per heavy atom.